The molecular formula is C16H15ClN2O. The standard InChI is InChI=1S/C16H15ClN2O/c17-13-6-8-14(9-7-13)20-11-3-10-19-12-18-15-4-1-2-5-16(15)19/h1-2,4-9,12H,3,10-11H2. The maximum atomic E-state index is 5.83. The van der Waals surface area contributed by atoms with Crippen molar-refractivity contribution in [2.45, 2.75) is 13.0 Å². The molecule has 0 amide bonds. The van der Waals surface area contributed by atoms with E-state index in [1.165, 1.54) is 5.52 Å². The average molecular weight is 287 g/mol. The molecule has 1 heterocycles. The van der Waals surface area contributed by atoms with Crippen LogP contribution >= 0.6 is 11.6 Å². The van der Waals surface area contributed by atoms with Gasteiger partial charge in [-0.25, -0.2) is 4.98 Å². The van der Waals surface area contributed by atoms with Gasteiger partial charge in [0.25, 0.3) is 0 Å². The van der Waals surface area contributed by atoms with Crippen molar-refractivity contribution in [3.05, 3.63) is 59.9 Å². The zero-order valence-electron chi connectivity index (χ0n) is 11.0. The number of aromatic nitrogens is 2. The van der Waals surface area contributed by atoms with Crippen LogP contribution in [0.4, 0.5) is 0 Å². The number of imidazole rings is 1. The Morgan fingerprint density at radius 3 is 2.70 bits per heavy atom. The fraction of sp³-hybridized carbons (Fsp3) is 0.188. The van der Waals surface area contributed by atoms with Gasteiger partial charge in [0.1, 0.15) is 5.75 Å². The van der Waals surface area contributed by atoms with Crippen LogP contribution in [0.15, 0.2) is 54.9 Å². The molecule has 0 saturated carbocycles. The zero-order valence-corrected chi connectivity index (χ0v) is 11.8. The van der Waals surface area contributed by atoms with Crippen molar-refractivity contribution in [2.75, 3.05) is 6.61 Å². The van der Waals surface area contributed by atoms with Crippen LogP contribution in [0.1, 0.15) is 6.42 Å². The molecule has 0 N–H and O–H groups in total. The molecule has 4 heteroatoms. The van der Waals surface area contributed by atoms with Gasteiger partial charge in [-0.05, 0) is 42.8 Å². The van der Waals surface area contributed by atoms with Crippen molar-refractivity contribution in [3.8, 4) is 5.75 Å². The lowest BCUT2D eigenvalue weighted by atomic mass is 10.3. The molecule has 0 bridgehead atoms. The molecule has 102 valence electrons. The molecule has 2 aromatic carbocycles. The largest absolute Gasteiger partial charge is 0.494 e. The predicted octanol–water partition coefficient (Wildman–Crippen LogP) is 4.16. The summed E-state index contributed by atoms with van der Waals surface area (Å²) in [5.41, 5.74) is 2.20. The molecule has 0 unspecified atom stereocenters. The number of fused-ring (bicyclic) bond motifs is 1. The van der Waals surface area contributed by atoms with Gasteiger partial charge in [0.05, 0.1) is 24.0 Å². The van der Waals surface area contributed by atoms with Crippen LogP contribution in [0.25, 0.3) is 11.0 Å². The van der Waals surface area contributed by atoms with Gasteiger partial charge < -0.3 is 9.30 Å². The van der Waals surface area contributed by atoms with Gasteiger partial charge in [-0.1, -0.05) is 23.7 Å². The third-order valence-electron chi connectivity index (χ3n) is 3.15. The summed E-state index contributed by atoms with van der Waals surface area (Å²) in [6.45, 7) is 1.57. The molecule has 3 aromatic rings. The second-order valence-electron chi connectivity index (χ2n) is 4.58. The molecule has 0 fully saturated rings. The summed E-state index contributed by atoms with van der Waals surface area (Å²) < 4.78 is 7.83. The van der Waals surface area contributed by atoms with Gasteiger partial charge in [-0.3, -0.25) is 0 Å². The second kappa shape index (κ2) is 5.97. The van der Waals surface area contributed by atoms with E-state index >= 15 is 0 Å². The molecular weight excluding hydrogens is 272 g/mol. The highest BCUT2D eigenvalue weighted by Gasteiger charge is 2.01. The molecule has 0 atom stereocenters. The van der Waals surface area contributed by atoms with Gasteiger partial charge in [-0.15, -0.1) is 0 Å². The minimum Gasteiger partial charge on any atom is -0.494 e. The summed E-state index contributed by atoms with van der Waals surface area (Å²) >= 11 is 5.83. The number of aryl methyl sites for hydroxylation is 1. The highest BCUT2D eigenvalue weighted by Crippen LogP contribution is 2.16. The maximum absolute atomic E-state index is 5.83. The lowest BCUT2D eigenvalue weighted by Gasteiger charge is -2.07. The van der Waals surface area contributed by atoms with Gasteiger partial charge in [0.2, 0.25) is 0 Å². The third-order valence-corrected chi connectivity index (χ3v) is 3.41. The Morgan fingerprint density at radius 1 is 1.05 bits per heavy atom. The number of hydrogen-bond donors (Lipinski definition) is 0. The van der Waals surface area contributed by atoms with E-state index in [9.17, 15) is 0 Å². The van der Waals surface area contributed by atoms with Crippen molar-refractivity contribution >= 4 is 22.6 Å². The predicted molar refractivity (Wildman–Crippen MR) is 81.3 cm³/mol. The Labute approximate surface area is 122 Å². The van der Waals surface area contributed by atoms with E-state index < -0.39 is 0 Å². The summed E-state index contributed by atoms with van der Waals surface area (Å²) in [7, 11) is 0. The van der Waals surface area contributed by atoms with E-state index in [4.69, 9.17) is 16.3 Å². The van der Waals surface area contributed by atoms with Crippen LogP contribution in [-0.2, 0) is 6.54 Å². The minimum absolute atomic E-state index is 0.675. The van der Waals surface area contributed by atoms with Gasteiger partial charge in [0.15, 0.2) is 0 Å². The smallest absolute Gasteiger partial charge is 0.119 e. The first-order valence-electron chi connectivity index (χ1n) is 6.61. The Bertz CT molecular complexity index is 691. The van der Waals surface area contributed by atoms with Crippen molar-refractivity contribution < 1.29 is 4.74 Å². The van der Waals surface area contributed by atoms with Crippen LogP contribution in [0.5, 0.6) is 5.75 Å². The number of nitrogens with zero attached hydrogens (tertiary/aromatic N) is 2. The van der Waals surface area contributed by atoms with E-state index in [-0.39, 0.29) is 0 Å². The van der Waals surface area contributed by atoms with E-state index in [2.05, 4.69) is 15.6 Å². The third kappa shape index (κ3) is 2.94. The van der Waals surface area contributed by atoms with E-state index in [1.54, 1.807) is 0 Å². The lowest BCUT2D eigenvalue weighted by Crippen LogP contribution is -2.03. The molecule has 20 heavy (non-hydrogen) atoms. The van der Waals surface area contributed by atoms with Crippen LogP contribution in [0.3, 0.4) is 0 Å². The van der Waals surface area contributed by atoms with Gasteiger partial charge >= 0.3 is 0 Å². The second-order valence-corrected chi connectivity index (χ2v) is 5.02. The molecule has 0 saturated heterocycles. The number of para-hydroxylation sites is 2. The van der Waals surface area contributed by atoms with Crippen LogP contribution in [0, 0.1) is 0 Å². The molecule has 0 radical (unpaired) electrons. The van der Waals surface area contributed by atoms with Crippen LogP contribution < -0.4 is 4.74 Å². The van der Waals surface area contributed by atoms with Gasteiger partial charge in [-0.2, -0.15) is 0 Å². The first-order chi connectivity index (χ1) is 9.83. The average Bonchev–Trinajstić information content (AvgIpc) is 2.89. The van der Waals surface area contributed by atoms with Crippen LogP contribution in [-0.4, -0.2) is 16.2 Å². The summed E-state index contributed by atoms with van der Waals surface area (Å²) in [5.74, 6) is 0.852. The number of rotatable bonds is 5. The van der Waals surface area contributed by atoms with Gasteiger partial charge in [0, 0.05) is 11.6 Å². The Kier molecular flexibility index (Phi) is 3.88. The fourth-order valence-electron chi connectivity index (χ4n) is 2.14. The van der Waals surface area contributed by atoms with Crippen LogP contribution in [0.2, 0.25) is 5.02 Å². The van der Waals surface area contributed by atoms with Crippen molar-refractivity contribution in [2.24, 2.45) is 0 Å². The first kappa shape index (κ1) is 13.0. The number of benzene rings is 2. The molecule has 0 aliphatic rings. The van der Waals surface area contributed by atoms with Crippen molar-refractivity contribution in [3.63, 3.8) is 0 Å². The quantitative estimate of drug-likeness (QED) is 0.659. The van der Waals surface area contributed by atoms with E-state index in [0.717, 1.165) is 29.3 Å². The SMILES string of the molecule is Clc1ccc(OCCCn2cnc3ccccc32)cc1. The monoisotopic (exact) mass is 286 g/mol. The minimum atomic E-state index is 0.675. The van der Waals surface area contributed by atoms with Crippen molar-refractivity contribution in [1.82, 2.24) is 9.55 Å². The Hall–Kier alpha value is -2.00. The molecule has 1 aromatic heterocycles. The van der Waals surface area contributed by atoms with E-state index in [0.29, 0.717) is 6.61 Å². The highest BCUT2D eigenvalue weighted by atomic mass is 35.5. The van der Waals surface area contributed by atoms with E-state index in [1.807, 2.05) is 48.8 Å². The maximum Gasteiger partial charge on any atom is 0.119 e. The molecule has 3 rings (SSSR count). The summed E-state index contributed by atoms with van der Waals surface area (Å²) in [6, 6.07) is 15.6. The normalized spacial score (nSPS) is 10.8. The number of hydrogen-bond acceptors (Lipinski definition) is 2. The molecule has 0 spiro atoms. The summed E-state index contributed by atoms with van der Waals surface area (Å²) in [6.07, 6.45) is 2.82. The summed E-state index contributed by atoms with van der Waals surface area (Å²) in [5, 5.41) is 0.724. The lowest BCUT2D eigenvalue weighted by molar-refractivity contribution is 0.302. The zero-order chi connectivity index (χ0) is 13.8. The number of halogens is 1. The molecule has 0 aliphatic heterocycles. The Morgan fingerprint density at radius 2 is 1.85 bits per heavy atom. The number of ether oxygens (including phenoxy) is 1. The fourth-order valence-corrected chi connectivity index (χ4v) is 2.27. The Balaban J connectivity index is 1.54. The van der Waals surface area contributed by atoms with Crippen molar-refractivity contribution in [1.29, 1.82) is 0 Å². The molecule has 0 aliphatic carbocycles. The highest BCUT2D eigenvalue weighted by molar-refractivity contribution is 6.30. The summed E-state index contributed by atoms with van der Waals surface area (Å²) in [4.78, 5) is 4.37. The molecule has 3 nitrogen and oxygen atoms in total. The first-order valence-corrected chi connectivity index (χ1v) is 6.99. The topological polar surface area (TPSA) is 27.1 Å².